The molecular formula is C20H27NO2. The van der Waals surface area contributed by atoms with Crippen LogP contribution in [-0.2, 0) is 11.2 Å². The molecule has 3 heteroatoms. The molecule has 0 aromatic heterocycles. The second-order valence-electron chi connectivity index (χ2n) is 7.34. The number of ether oxygens (including phenoxy) is 1. The SMILES string of the molecule is CC(C)[C@H](Cc1cccc2ccccc12)NC(=O)OC(C)(C)C. The smallest absolute Gasteiger partial charge is 0.407 e. The van der Waals surface area contributed by atoms with Crippen LogP contribution in [0.4, 0.5) is 4.79 Å². The lowest BCUT2D eigenvalue weighted by Gasteiger charge is -2.26. The van der Waals surface area contributed by atoms with Crippen molar-refractivity contribution in [1.82, 2.24) is 5.32 Å². The van der Waals surface area contributed by atoms with Crippen LogP contribution in [0.2, 0.25) is 0 Å². The molecule has 1 atom stereocenters. The lowest BCUT2D eigenvalue weighted by atomic mass is 9.93. The normalized spacial score (nSPS) is 13.1. The number of hydrogen-bond donors (Lipinski definition) is 1. The van der Waals surface area contributed by atoms with Gasteiger partial charge in [-0.25, -0.2) is 4.79 Å². The molecule has 124 valence electrons. The van der Waals surface area contributed by atoms with Crippen molar-refractivity contribution in [2.24, 2.45) is 5.92 Å². The summed E-state index contributed by atoms with van der Waals surface area (Å²) in [6, 6.07) is 14.7. The molecule has 0 saturated heterocycles. The fraction of sp³-hybridized carbons (Fsp3) is 0.450. The Hall–Kier alpha value is -2.03. The fourth-order valence-electron chi connectivity index (χ4n) is 2.62. The monoisotopic (exact) mass is 313 g/mol. The highest BCUT2D eigenvalue weighted by atomic mass is 16.6. The third kappa shape index (κ3) is 4.98. The summed E-state index contributed by atoms with van der Waals surface area (Å²) in [6.45, 7) is 9.87. The average Bonchev–Trinajstić information content (AvgIpc) is 2.44. The van der Waals surface area contributed by atoms with Gasteiger partial charge in [-0.3, -0.25) is 0 Å². The highest BCUT2D eigenvalue weighted by Crippen LogP contribution is 2.21. The molecule has 2 aromatic carbocycles. The third-order valence-electron chi connectivity index (χ3n) is 3.83. The molecule has 0 bridgehead atoms. The Morgan fingerprint density at radius 3 is 2.39 bits per heavy atom. The van der Waals surface area contributed by atoms with Crippen LogP contribution in [0.5, 0.6) is 0 Å². The summed E-state index contributed by atoms with van der Waals surface area (Å²) >= 11 is 0. The van der Waals surface area contributed by atoms with E-state index in [1.54, 1.807) is 0 Å². The van der Waals surface area contributed by atoms with Crippen molar-refractivity contribution in [3.63, 3.8) is 0 Å². The Morgan fingerprint density at radius 2 is 1.74 bits per heavy atom. The Morgan fingerprint density at radius 1 is 1.09 bits per heavy atom. The minimum atomic E-state index is -0.481. The first-order valence-corrected chi connectivity index (χ1v) is 8.22. The maximum atomic E-state index is 12.1. The van der Waals surface area contributed by atoms with Crippen LogP contribution in [0.3, 0.4) is 0 Å². The van der Waals surface area contributed by atoms with Gasteiger partial charge in [0.15, 0.2) is 0 Å². The quantitative estimate of drug-likeness (QED) is 0.869. The van der Waals surface area contributed by atoms with E-state index in [0.717, 1.165) is 6.42 Å². The minimum absolute atomic E-state index is 0.0376. The second kappa shape index (κ2) is 7.03. The van der Waals surface area contributed by atoms with Crippen molar-refractivity contribution < 1.29 is 9.53 Å². The largest absolute Gasteiger partial charge is 0.444 e. The molecule has 23 heavy (non-hydrogen) atoms. The first kappa shape index (κ1) is 17.3. The summed E-state index contributed by atoms with van der Waals surface area (Å²) in [6.07, 6.45) is 0.439. The first-order chi connectivity index (χ1) is 10.8. The molecule has 0 heterocycles. The van der Waals surface area contributed by atoms with Gasteiger partial charge < -0.3 is 10.1 Å². The van der Waals surface area contributed by atoms with Crippen LogP contribution in [0.15, 0.2) is 42.5 Å². The molecule has 0 aliphatic heterocycles. The molecule has 0 aliphatic carbocycles. The zero-order valence-corrected chi connectivity index (χ0v) is 14.7. The zero-order valence-electron chi connectivity index (χ0n) is 14.7. The molecule has 1 N–H and O–H groups in total. The van der Waals surface area contributed by atoms with E-state index >= 15 is 0 Å². The van der Waals surface area contributed by atoms with Crippen LogP contribution in [0.25, 0.3) is 10.8 Å². The molecule has 2 aromatic rings. The van der Waals surface area contributed by atoms with Gasteiger partial charge in [-0.2, -0.15) is 0 Å². The zero-order chi connectivity index (χ0) is 17.0. The van der Waals surface area contributed by atoms with Gasteiger partial charge in [0.05, 0.1) is 0 Å². The first-order valence-electron chi connectivity index (χ1n) is 8.22. The van der Waals surface area contributed by atoms with Crippen molar-refractivity contribution in [2.45, 2.75) is 52.7 Å². The molecule has 0 radical (unpaired) electrons. The average molecular weight is 313 g/mol. The standard InChI is InChI=1S/C20H27NO2/c1-14(2)18(21-19(22)23-20(3,4)5)13-16-11-8-10-15-9-6-7-12-17(15)16/h6-12,14,18H,13H2,1-5H3,(H,21,22)/t18-/m0/s1. The van der Waals surface area contributed by atoms with Gasteiger partial charge in [0.25, 0.3) is 0 Å². The Bertz CT molecular complexity index is 665. The van der Waals surface area contributed by atoms with E-state index in [9.17, 15) is 4.79 Å². The summed E-state index contributed by atoms with van der Waals surface area (Å²) in [4.78, 5) is 12.1. The number of fused-ring (bicyclic) bond motifs is 1. The van der Waals surface area contributed by atoms with Crippen LogP contribution >= 0.6 is 0 Å². The van der Waals surface area contributed by atoms with Crippen molar-refractivity contribution in [1.29, 1.82) is 0 Å². The van der Waals surface area contributed by atoms with E-state index < -0.39 is 5.60 Å². The van der Waals surface area contributed by atoms with Gasteiger partial charge in [0.2, 0.25) is 0 Å². The topological polar surface area (TPSA) is 38.3 Å². The number of nitrogens with one attached hydrogen (secondary N) is 1. The molecule has 1 amide bonds. The second-order valence-corrected chi connectivity index (χ2v) is 7.34. The Kier molecular flexibility index (Phi) is 5.30. The fourth-order valence-corrected chi connectivity index (χ4v) is 2.62. The van der Waals surface area contributed by atoms with Gasteiger partial charge in [-0.1, -0.05) is 56.3 Å². The molecule has 0 unspecified atom stereocenters. The lowest BCUT2D eigenvalue weighted by Crippen LogP contribution is -2.43. The van der Waals surface area contributed by atoms with E-state index in [1.165, 1.54) is 16.3 Å². The maximum Gasteiger partial charge on any atom is 0.407 e. The summed E-state index contributed by atoms with van der Waals surface area (Å²) < 4.78 is 5.39. The number of carbonyl (C=O) groups excluding carboxylic acids is 1. The summed E-state index contributed by atoms with van der Waals surface area (Å²) in [5, 5.41) is 5.49. The highest BCUT2D eigenvalue weighted by molar-refractivity contribution is 5.85. The predicted octanol–water partition coefficient (Wildman–Crippen LogP) is 4.93. The number of hydrogen-bond acceptors (Lipinski definition) is 2. The molecule has 0 saturated carbocycles. The number of benzene rings is 2. The van der Waals surface area contributed by atoms with Crippen LogP contribution in [-0.4, -0.2) is 17.7 Å². The van der Waals surface area contributed by atoms with Gasteiger partial charge in [-0.15, -0.1) is 0 Å². The van der Waals surface area contributed by atoms with Gasteiger partial charge in [0, 0.05) is 6.04 Å². The molecule has 0 spiro atoms. The van der Waals surface area contributed by atoms with Crippen molar-refractivity contribution in [3.05, 3.63) is 48.0 Å². The van der Waals surface area contributed by atoms with Crippen molar-refractivity contribution in [2.75, 3.05) is 0 Å². The molecule has 3 nitrogen and oxygen atoms in total. The van der Waals surface area contributed by atoms with E-state index in [-0.39, 0.29) is 12.1 Å². The van der Waals surface area contributed by atoms with Crippen LogP contribution in [0.1, 0.15) is 40.2 Å². The maximum absolute atomic E-state index is 12.1. The van der Waals surface area contributed by atoms with Crippen LogP contribution < -0.4 is 5.32 Å². The predicted molar refractivity (Wildman–Crippen MR) is 95.6 cm³/mol. The van der Waals surface area contributed by atoms with Gasteiger partial charge in [0.1, 0.15) is 5.60 Å². The highest BCUT2D eigenvalue weighted by Gasteiger charge is 2.22. The Labute approximate surface area is 139 Å². The summed E-state index contributed by atoms with van der Waals surface area (Å²) in [5.74, 6) is 0.321. The number of amides is 1. The molecule has 0 fully saturated rings. The van der Waals surface area contributed by atoms with E-state index in [0.29, 0.717) is 5.92 Å². The number of carbonyl (C=O) groups is 1. The number of rotatable bonds is 4. The Balaban J connectivity index is 2.17. The van der Waals surface area contributed by atoms with Crippen LogP contribution in [0, 0.1) is 5.92 Å². The summed E-state index contributed by atoms with van der Waals surface area (Å²) in [7, 11) is 0. The van der Waals surface area contributed by atoms with Gasteiger partial charge >= 0.3 is 6.09 Å². The van der Waals surface area contributed by atoms with E-state index in [2.05, 4.69) is 55.6 Å². The minimum Gasteiger partial charge on any atom is -0.444 e. The van der Waals surface area contributed by atoms with E-state index in [4.69, 9.17) is 4.74 Å². The summed E-state index contributed by atoms with van der Waals surface area (Å²) in [5.41, 5.74) is 0.767. The number of alkyl carbamates (subject to hydrolysis) is 1. The lowest BCUT2D eigenvalue weighted by molar-refractivity contribution is 0.0490. The van der Waals surface area contributed by atoms with Crippen molar-refractivity contribution in [3.8, 4) is 0 Å². The van der Waals surface area contributed by atoms with Crippen molar-refractivity contribution >= 4 is 16.9 Å². The van der Waals surface area contributed by atoms with Gasteiger partial charge in [-0.05, 0) is 49.4 Å². The third-order valence-corrected chi connectivity index (χ3v) is 3.83. The van der Waals surface area contributed by atoms with E-state index in [1.807, 2.05) is 26.8 Å². The molecule has 2 rings (SSSR count). The molecule has 0 aliphatic rings. The molecular weight excluding hydrogens is 286 g/mol.